The number of esters is 1. The van der Waals surface area contributed by atoms with Crippen LogP contribution in [0.4, 0.5) is 0 Å². The highest BCUT2D eigenvalue weighted by atomic mass is 32.2. The van der Waals surface area contributed by atoms with Gasteiger partial charge in [-0.25, -0.2) is 8.42 Å². The largest absolute Gasteiger partial charge is 0.460 e. The summed E-state index contributed by atoms with van der Waals surface area (Å²) >= 11 is 0. The van der Waals surface area contributed by atoms with Gasteiger partial charge in [0.25, 0.3) is 0 Å². The quantitative estimate of drug-likeness (QED) is 0.761. The van der Waals surface area contributed by atoms with Gasteiger partial charge in [-0.05, 0) is 12.0 Å². The second kappa shape index (κ2) is 6.51. The van der Waals surface area contributed by atoms with E-state index in [1.54, 1.807) is 0 Å². The molecule has 5 nitrogen and oxygen atoms in total. The van der Waals surface area contributed by atoms with Crippen molar-refractivity contribution in [2.75, 3.05) is 12.0 Å². The van der Waals surface area contributed by atoms with Gasteiger partial charge in [-0.2, -0.15) is 0 Å². The molecule has 100 valence electrons. The number of hydrogen-bond acceptors (Lipinski definition) is 5. The van der Waals surface area contributed by atoms with Crippen LogP contribution in [-0.2, 0) is 26.0 Å². The fraction of sp³-hybridized carbons (Fsp3) is 0.417. The second-order valence-corrected chi connectivity index (χ2v) is 6.38. The van der Waals surface area contributed by atoms with E-state index in [9.17, 15) is 13.2 Å². The third kappa shape index (κ3) is 5.79. The SMILES string of the molecule is CS(=O)(=O)CCC(N)C(=O)OCc1ccccc1. The molecule has 1 rings (SSSR count). The number of sulfone groups is 1. The molecule has 18 heavy (non-hydrogen) atoms. The minimum absolute atomic E-state index is 0.0758. The minimum atomic E-state index is -3.11. The predicted octanol–water partition coefficient (Wildman–Crippen LogP) is 0.492. The molecule has 0 fully saturated rings. The molecule has 0 saturated carbocycles. The number of rotatable bonds is 6. The molecule has 6 heteroatoms. The molecule has 0 bridgehead atoms. The topological polar surface area (TPSA) is 86.5 Å². The standard InChI is InChI=1S/C12H17NO4S/c1-18(15,16)8-7-11(13)12(14)17-9-10-5-3-2-4-6-10/h2-6,11H,7-9,13H2,1H3. The van der Waals surface area contributed by atoms with Crippen LogP contribution in [0.2, 0.25) is 0 Å². The summed E-state index contributed by atoms with van der Waals surface area (Å²) in [6, 6.07) is 8.30. The average Bonchev–Trinajstić information content (AvgIpc) is 2.33. The molecule has 0 spiro atoms. The Morgan fingerprint density at radius 2 is 1.94 bits per heavy atom. The molecule has 0 aliphatic rings. The van der Waals surface area contributed by atoms with E-state index < -0.39 is 21.8 Å². The van der Waals surface area contributed by atoms with Crippen molar-refractivity contribution in [2.24, 2.45) is 5.73 Å². The lowest BCUT2D eigenvalue weighted by molar-refractivity contribution is -0.146. The number of carbonyl (C=O) groups excluding carboxylic acids is 1. The van der Waals surface area contributed by atoms with Gasteiger partial charge in [0.15, 0.2) is 0 Å². The molecule has 1 unspecified atom stereocenters. The maximum Gasteiger partial charge on any atom is 0.323 e. The van der Waals surface area contributed by atoms with E-state index in [-0.39, 0.29) is 18.8 Å². The highest BCUT2D eigenvalue weighted by Gasteiger charge is 2.17. The summed E-state index contributed by atoms with van der Waals surface area (Å²) in [5.74, 6) is -0.697. The highest BCUT2D eigenvalue weighted by molar-refractivity contribution is 7.90. The minimum Gasteiger partial charge on any atom is -0.460 e. The predicted molar refractivity (Wildman–Crippen MR) is 68.5 cm³/mol. The number of ether oxygens (including phenoxy) is 1. The van der Waals surface area contributed by atoms with Gasteiger partial charge in [-0.15, -0.1) is 0 Å². The van der Waals surface area contributed by atoms with Crippen molar-refractivity contribution >= 4 is 15.8 Å². The Bertz CT molecular complexity index is 484. The molecule has 0 aromatic heterocycles. The van der Waals surface area contributed by atoms with Crippen LogP contribution in [0.15, 0.2) is 30.3 Å². The van der Waals surface area contributed by atoms with Gasteiger partial charge >= 0.3 is 5.97 Å². The summed E-state index contributed by atoms with van der Waals surface area (Å²) in [7, 11) is -3.11. The van der Waals surface area contributed by atoms with E-state index in [0.29, 0.717) is 0 Å². The fourth-order valence-electron chi connectivity index (χ4n) is 1.29. The first kappa shape index (κ1) is 14.7. The van der Waals surface area contributed by atoms with Crippen molar-refractivity contribution in [3.8, 4) is 0 Å². The zero-order chi connectivity index (χ0) is 13.6. The van der Waals surface area contributed by atoms with Crippen molar-refractivity contribution in [1.29, 1.82) is 0 Å². The van der Waals surface area contributed by atoms with Crippen LogP contribution in [0.25, 0.3) is 0 Å². The highest BCUT2D eigenvalue weighted by Crippen LogP contribution is 2.03. The number of carbonyl (C=O) groups is 1. The van der Waals surface area contributed by atoms with Crippen molar-refractivity contribution in [2.45, 2.75) is 19.1 Å². The van der Waals surface area contributed by atoms with Gasteiger partial charge in [-0.1, -0.05) is 30.3 Å². The normalized spacial score (nSPS) is 13.0. The number of benzene rings is 1. The van der Waals surface area contributed by atoms with Gasteiger partial charge in [0.2, 0.25) is 0 Å². The lowest BCUT2D eigenvalue weighted by atomic mass is 10.2. The Hall–Kier alpha value is -1.40. The van der Waals surface area contributed by atoms with Crippen LogP contribution in [0.1, 0.15) is 12.0 Å². The fourth-order valence-corrected chi connectivity index (χ4v) is 1.98. The summed E-state index contributed by atoms with van der Waals surface area (Å²) in [5.41, 5.74) is 6.41. The van der Waals surface area contributed by atoms with Crippen LogP contribution in [-0.4, -0.2) is 32.4 Å². The van der Waals surface area contributed by atoms with Crippen LogP contribution < -0.4 is 5.73 Å². The second-order valence-electron chi connectivity index (χ2n) is 4.12. The molecule has 1 aromatic carbocycles. The van der Waals surface area contributed by atoms with E-state index in [4.69, 9.17) is 10.5 Å². The molecule has 0 amide bonds. The van der Waals surface area contributed by atoms with E-state index in [1.807, 2.05) is 30.3 Å². The molecular formula is C12H17NO4S. The van der Waals surface area contributed by atoms with Gasteiger partial charge in [-0.3, -0.25) is 4.79 Å². The Kier molecular flexibility index (Phi) is 5.30. The molecule has 1 atom stereocenters. The summed E-state index contributed by atoms with van der Waals surface area (Å²) in [6.45, 7) is 0.145. The van der Waals surface area contributed by atoms with E-state index in [2.05, 4.69) is 0 Å². The molecule has 0 aliphatic carbocycles. The number of hydrogen-bond donors (Lipinski definition) is 1. The lowest BCUT2D eigenvalue weighted by Crippen LogP contribution is -2.34. The molecule has 0 aliphatic heterocycles. The summed E-state index contributed by atoms with van der Waals surface area (Å²) in [6.07, 6.45) is 1.18. The Balaban J connectivity index is 2.37. The monoisotopic (exact) mass is 271 g/mol. The van der Waals surface area contributed by atoms with Crippen LogP contribution in [0, 0.1) is 0 Å². The molecular weight excluding hydrogens is 254 g/mol. The molecule has 1 aromatic rings. The Morgan fingerprint density at radius 3 is 2.50 bits per heavy atom. The van der Waals surface area contributed by atoms with E-state index in [1.165, 1.54) is 0 Å². The van der Waals surface area contributed by atoms with Crippen LogP contribution >= 0.6 is 0 Å². The molecule has 0 heterocycles. The van der Waals surface area contributed by atoms with Gasteiger partial charge < -0.3 is 10.5 Å². The van der Waals surface area contributed by atoms with Gasteiger partial charge in [0.1, 0.15) is 22.5 Å². The Labute approximate surface area is 107 Å². The smallest absolute Gasteiger partial charge is 0.323 e. The van der Waals surface area contributed by atoms with Crippen molar-refractivity contribution in [3.63, 3.8) is 0 Å². The van der Waals surface area contributed by atoms with Crippen molar-refractivity contribution in [1.82, 2.24) is 0 Å². The van der Waals surface area contributed by atoms with Gasteiger partial charge in [0.05, 0.1) is 5.75 Å². The van der Waals surface area contributed by atoms with Crippen LogP contribution in [0.3, 0.4) is 0 Å². The Morgan fingerprint density at radius 1 is 1.33 bits per heavy atom. The van der Waals surface area contributed by atoms with Crippen LogP contribution in [0.5, 0.6) is 0 Å². The van der Waals surface area contributed by atoms with E-state index >= 15 is 0 Å². The lowest BCUT2D eigenvalue weighted by Gasteiger charge is -2.10. The third-order valence-corrected chi connectivity index (χ3v) is 3.30. The summed E-state index contributed by atoms with van der Waals surface area (Å²) < 4.78 is 26.9. The molecule has 2 N–H and O–H groups in total. The zero-order valence-corrected chi connectivity index (χ0v) is 11.0. The summed E-state index contributed by atoms with van der Waals surface area (Å²) in [5, 5.41) is 0. The molecule has 0 saturated heterocycles. The third-order valence-electron chi connectivity index (χ3n) is 2.33. The average molecular weight is 271 g/mol. The first-order valence-corrected chi connectivity index (χ1v) is 7.58. The van der Waals surface area contributed by atoms with E-state index in [0.717, 1.165) is 11.8 Å². The number of nitrogens with two attached hydrogens (primary N) is 1. The van der Waals surface area contributed by atoms with Crippen molar-refractivity contribution < 1.29 is 17.9 Å². The van der Waals surface area contributed by atoms with Gasteiger partial charge in [0, 0.05) is 6.26 Å². The summed E-state index contributed by atoms with van der Waals surface area (Å²) in [4.78, 5) is 11.5. The first-order valence-electron chi connectivity index (χ1n) is 5.52. The maximum atomic E-state index is 11.5. The maximum absolute atomic E-state index is 11.5. The zero-order valence-electron chi connectivity index (χ0n) is 10.2. The molecule has 0 radical (unpaired) electrons. The first-order chi connectivity index (χ1) is 8.38. The van der Waals surface area contributed by atoms with Crippen molar-refractivity contribution in [3.05, 3.63) is 35.9 Å².